The standard InChI is InChI=1S/C10H10F2O3S/c11-10(12,7-4-8-13)16(14,15)9-5-2-1-3-6-9/h1-7,13H,8H2/b7-4+. The minimum Gasteiger partial charge on any atom is -0.392 e. The number of sulfone groups is 1. The van der Waals surface area contributed by atoms with Crippen molar-refractivity contribution in [1.29, 1.82) is 0 Å². The molecule has 1 aromatic carbocycles. The van der Waals surface area contributed by atoms with Crippen molar-refractivity contribution in [3.8, 4) is 0 Å². The van der Waals surface area contributed by atoms with Crippen molar-refractivity contribution >= 4 is 9.84 Å². The average molecular weight is 248 g/mol. The van der Waals surface area contributed by atoms with E-state index >= 15 is 0 Å². The minimum atomic E-state index is -4.74. The molecule has 0 aromatic heterocycles. The molecule has 0 saturated heterocycles. The number of benzene rings is 1. The van der Waals surface area contributed by atoms with Crippen LogP contribution in [0.4, 0.5) is 8.78 Å². The van der Waals surface area contributed by atoms with Crippen LogP contribution in [0.5, 0.6) is 0 Å². The molecule has 0 saturated carbocycles. The van der Waals surface area contributed by atoms with E-state index in [2.05, 4.69) is 0 Å². The highest BCUT2D eigenvalue weighted by Crippen LogP contribution is 2.29. The van der Waals surface area contributed by atoms with Gasteiger partial charge in [-0.3, -0.25) is 0 Å². The third kappa shape index (κ3) is 2.45. The van der Waals surface area contributed by atoms with Crippen LogP contribution in [-0.2, 0) is 9.84 Å². The number of hydrogen-bond acceptors (Lipinski definition) is 3. The van der Waals surface area contributed by atoms with Gasteiger partial charge < -0.3 is 5.11 Å². The molecule has 0 radical (unpaired) electrons. The van der Waals surface area contributed by atoms with Gasteiger partial charge in [-0.15, -0.1) is 0 Å². The molecule has 0 fully saturated rings. The average Bonchev–Trinajstić information content (AvgIpc) is 2.27. The lowest BCUT2D eigenvalue weighted by molar-refractivity contribution is 0.146. The highest BCUT2D eigenvalue weighted by Gasteiger charge is 2.43. The Labute approximate surface area is 92.0 Å². The second kappa shape index (κ2) is 4.71. The van der Waals surface area contributed by atoms with E-state index in [1.54, 1.807) is 0 Å². The van der Waals surface area contributed by atoms with Crippen molar-refractivity contribution in [1.82, 2.24) is 0 Å². The van der Waals surface area contributed by atoms with Gasteiger partial charge in [0.15, 0.2) is 0 Å². The summed E-state index contributed by atoms with van der Waals surface area (Å²) in [5, 5.41) is 4.33. The summed E-state index contributed by atoms with van der Waals surface area (Å²) in [6, 6.07) is 6.43. The lowest BCUT2D eigenvalue weighted by Crippen LogP contribution is -2.26. The topological polar surface area (TPSA) is 54.4 Å². The second-order valence-corrected chi connectivity index (χ2v) is 4.99. The third-order valence-corrected chi connectivity index (χ3v) is 3.57. The zero-order valence-corrected chi connectivity index (χ0v) is 8.99. The lowest BCUT2D eigenvalue weighted by atomic mass is 10.4. The first-order valence-corrected chi connectivity index (χ1v) is 5.86. The van der Waals surface area contributed by atoms with Crippen molar-refractivity contribution in [2.45, 2.75) is 10.2 Å². The Kier molecular flexibility index (Phi) is 3.77. The molecule has 0 unspecified atom stereocenters. The SMILES string of the molecule is O=S(=O)(c1ccccc1)C(F)(F)/C=C/CO. The van der Waals surface area contributed by atoms with Crippen LogP contribution in [0.1, 0.15) is 0 Å². The summed E-state index contributed by atoms with van der Waals surface area (Å²) in [4.78, 5) is -0.456. The monoisotopic (exact) mass is 248 g/mol. The maximum absolute atomic E-state index is 13.3. The summed E-state index contributed by atoms with van der Waals surface area (Å²) in [5.74, 6) is 0. The van der Waals surface area contributed by atoms with Crippen LogP contribution in [0.2, 0.25) is 0 Å². The highest BCUT2D eigenvalue weighted by atomic mass is 32.2. The van der Waals surface area contributed by atoms with E-state index in [4.69, 9.17) is 5.11 Å². The van der Waals surface area contributed by atoms with Gasteiger partial charge in [-0.05, 0) is 18.2 Å². The lowest BCUT2D eigenvalue weighted by Gasteiger charge is -2.12. The Hall–Kier alpha value is -1.27. The van der Waals surface area contributed by atoms with Crippen molar-refractivity contribution in [2.24, 2.45) is 0 Å². The van der Waals surface area contributed by atoms with Gasteiger partial charge in [0.1, 0.15) is 0 Å². The first-order valence-electron chi connectivity index (χ1n) is 4.38. The molecule has 0 bridgehead atoms. The molecule has 1 rings (SSSR count). The highest BCUT2D eigenvalue weighted by molar-refractivity contribution is 7.92. The molecule has 0 heterocycles. The van der Waals surface area contributed by atoms with Crippen molar-refractivity contribution in [3.05, 3.63) is 42.5 Å². The summed E-state index contributed by atoms with van der Waals surface area (Å²) in [7, 11) is -4.74. The molecular formula is C10H10F2O3S. The summed E-state index contributed by atoms with van der Waals surface area (Å²) in [6.45, 7) is -0.639. The van der Waals surface area contributed by atoms with Crippen LogP contribution in [0.15, 0.2) is 47.4 Å². The fraction of sp³-hybridized carbons (Fsp3) is 0.200. The molecule has 0 amide bonds. The number of alkyl halides is 2. The van der Waals surface area contributed by atoms with Gasteiger partial charge in [0.05, 0.1) is 11.5 Å². The second-order valence-electron chi connectivity index (χ2n) is 2.96. The van der Waals surface area contributed by atoms with E-state index in [9.17, 15) is 17.2 Å². The Bertz CT molecular complexity index is 466. The van der Waals surface area contributed by atoms with E-state index in [0.29, 0.717) is 6.08 Å². The van der Waals surface area contributed by atoms with Crippen molar-refractivity contribution < 1.29 is 22.3 Å². The number of hydrogen-bond donors (Lipinski definition) is 1. The molecule has 6 heteroatoms. The number of aliphatic hydroxyl groups is 1. The maximum atomic E-state index is 13.3. The van der Waals surface area contributed by atoms with Crippen LogP contribution in [0.25, 0.3) is 0 Å². The van der Waals surface area contributed by atoms with Crippen LogP contribution >= 0.6 is 0 Å². The van der Waals surface area contributed by atoms with Gasteiger partial charge in [-0.25, -0.2) is 8.42 Å². The number of rotatable bonds is 4. The molecule has 0 aliphatic rings. The van der Waals surface area contributed by atoms with Gasteiger partial charge in [-0.2, -0.15) is 8.78 Å². The summed E-state index contributed by atoms with van der Waals surface area (Å²) in [5.41, 5.74) is 0. The van der Waals surface area contributed by atoms with E-state index in [0.717, 1.165) is 12.1 Å². The van der Waals surface area contributed by atoms with Gasteiger partial charge in [0, 0.05) is 0 Å². The minimum absolute atomic E-state index is 0.176. The van der Waals surface area contributed by atoms with Crippen molar-refractivity contribution in [2.75, 3.05) is 6.61 Å². The van der Waals surface area contributed by atoms with E-state index in [1.165, 1.54) is 18.2 Å². The molecule has 88 valence electrons. The molecule has 1 N–H and O–H groups in total. The number of halogens is 2. The van der Waals surface area contributed by atoms with Gasteiger partial charge in [0.25, 0.3) is 0 Å². The summed E-state index contributed by atoms with van der Waals surface area (Å²) in [6.07, 6.45) is 0.871. The van der Waals surface area contributed by atoms with Gasteiger partial charge >= 0.3 is 5.25 Å². The number of aliphatic hydroxyl groups excluding tert-OH is 1. The third-order valence-electron chi connectivity index (χ3n) is 1.83. The van der Waals surface area contributed by atoms with E-state index < -0.39 is 26.6 Å². The Morgan fingerprint density at radius 1 is 1.25 bits per heavy atom. The Morgan fingerprint density at radius 2 is 1.81 bits per heavy atom. The molecule has 3 nitrogen and oxygen atoms in total. The first kappa shape index (κ1) is 12.8. The van der Waals surface area contributed by atoms with Crippen LogP contribution in [-0.4, -0.2) is 25.4 Å². The molecular weight excluding hydrogens is 238 g/mol. The van der Waals surface area contributed by atoms with Crippen LogP contribution in [0, 0.1) is 0 Å². The molecule has 0 atom stereocenters. The van der Waals surface area contributed by atoms with Crippen LogP contribution < -0.4 is 0 Å². The summed E-state index contributed by atoms with van der Waals surface area (Å²) >= 11 is 0. The van der Waals surface area contributed by atoms with Crippen LogP contribution in [0.3, 0.4) is 0 Å². The molecule has 0 aliphatic carbocycles. The summed E-state index contributed by atoms with van der Waals surface area (Å²) < 4.78 is 49.5. The molecule has 0 spiro atoms. The zero-order chi connectivity index (χ0) is 12.2. The van der Waals surface area contributed by atoms with Gasteiger partial charge in [-0.1, -0.05) is 24.3 Å². The Balaban J connectivity index is 3.17. The normalized spacial score (nSPS) is 13.2. The van der Waals surface area contributed by atoms with E-state index in [1.807, 2.05) is 0 Å². The first-order chi connectivity index (χ1) is 7.42. The maximum Gasteiger partial charge on any atom is 0.368 e. The van der Waals surface area contributed by atoms with Crippen molar-refractivity contribution in [3.63, 3.8) is 0 Å². The fourth-order valence-electron chi connectivity index (χ4n) is 1.04. The molecule has 1 aromatic rings. The van der Waals surface area contributed by atoms with E-state index in [-0.39, 0.29) is 6.08 Å². The molecule has 16 heavy (non-hydrogen) atoms. The molecule has 0 aliphatic heterocycles. The quantitative estimate of drug-likeness (QED) is 0.823. The largest absolute Gasteiger partial charge is 0.392 e. The Morgan fingerprint density at radius 3 is 2.31 bits per heavy atom. The van der Waals surface area contributed by atoms with Gasteiger partial charge in [0.2, 0.25) is 9.84 Å². The predicted molar refractivity (Wildman–Crippen MR) is 54.8 cm³/mol. The zero-order valence-electron chi connectivity index (χ0n) is 8.18. The predicted octanol–water partition coefficient (Wildman–Crippen LogP) is 1.60. The fourth-order valence-corrected chi connectivity index (χ4v) is 2.14. The smallest absolute Gasteiger partial charge is 0.368 e.